The summed E-state index contributed by atoms with van der Waals surface area (Å²) >= 11 is 0. The Bertz CT molecular complexity index is 944. The molecule has 0 N–H and O–H groups in total. The van der Waals surface area contributed by atoms with Crippen molar-refractivity contribution in [1.29, 1.82) is 0 Å². The van der Waals surface area contributed by atoms with Crippen LogP contribution in [0.1, 0.15) is 41.0 Å². The van der Waals surface area contributed by atoms with Gasteiger partial charge in [0.25, 0.3) is 0 Å². The number of aryl methyl sites for hydroxylation is 2. The van der Waals surface area contributed by atoms with Gasteiger partial charge in [-0.2, -0.15) is 0 Å². The van der Waals surface area contributed by atoms with Crippen molar-refractivity contribution >= 4 is 12.0 Å². The third kappa shape index (κ3) is 5.05. The van der Waals surface area contributed by atoms with Crippen LogP contribution in [-0.4, -0.2) is 20.2 Å². The van der Waals surface area contributed by atoms with Crippen molar-refractivity contribution < 1.29 is 14.3 Å². The lowest BCUT2D eigenvalue weighted by atomic mass is 9.89. The van der Waals surface area contributed by atoms with E-state index in [0.29, 0.717) is 17.8 Å². The average molecular weight is 389 g/mol. The van der Waals surface area contributed by atoms with Gasteiger partial charge < -0.3 is 9.47 Å². The second-order valence-corrected chi connectivity index (χ2v) is 7.41. The minimum absolute atomic E-state index is 0.210. The molecule has 1 aliphatic rings. The Morgan fingerprint density at radius 1 is 0.897 bits per heavy atom. The molecule has 150 valence electrons. The highest BCUT2D eigenvalue weighted by Crippen LogP contribution is 2.36. The van der Waals surface area contributed by atoms with E-state index in [1.807, 2.05) is 0 Å². The van der Waals surface area contributed by atoms with E-state index in [0.717, 1.165) is 17.5 Å². The third-order valence-electron chi connectivity index (χ3n) is 5.29. The van der Waals surface area contributed by atoms with Gasteiger partial charge in [0.1, 0.15) is 5.76 Å². The van der Waals surface area contributed by atoms with Gasteiger partial charge in [0.15, 0.2) is 0 Å². The number of ether oxygens (including phenoxy) is 2. The van der Waals surface area contributed by atoms with Gasteiger partial charge in [-0.1, -0.05) is 83.5 Å². The number of benzene rings is 2. The molecule has 29 heavy (non-hydrogen) atoms. The molecular formula is C26H28O3. The topological polar surface area (TPSA) is 35.5 Å². The number of allylic oxidation sites excluding steroid dienone is 4. The quantitative estimate of drug-likeness (QED) is 0.599. The Morgan fingerprint density at radius 2 is 1.52 bits per heavy atom. The molecule has 0 bridgehead atoms. The van der Waals surface area contributed by atoms with E-state index >= 15 is 0 Å². The predicted molar refractivity (Wildman–Crippen MR) is 118 cm³/mol. The van der Waals surface area contributed by atoms with Gasteiger partial charge in [0, 0.05) is 12.3 Å². The molecule has 2 aromatic carbocycles. The van der Waals surface area contributed by atoms with Crippen molar-refractivity contribution in [3.05, 3.63) is 99.8 Å². The van der Waals surface area contributed by atoms with Crippen LogP contribution in [0.3, 0.4) is 0 Å². The minimum atomic E-state index is -0.340. The predicted octanol–water partition coefficient (Wildman–Crippen LogP) is 5.89. The van der Waals surface area contributed by atoms with E-state index in [1.54, 1.807) is 7.11 Å². The van der Waals surface area contributed by atoms with Crippen molar-refractivity contribution in [3.63, 3.8) is 0 Å². The molecule has 0 amide bonds. The molecule has 1 atom stereocenters. The first-order valence-electron chi connectivity index (χ1n) is 9.89. The van der Waals surface area contributed by atoms with Crippen molar-refractivity contribution in [2.75, 3.05) is 14.2 Å². The summed E-state index contributed by atoms with van der Waals surface area (Å²) in [5, 5.41) is 0. The fraction of sp³-hybridized carbons (Fsp3) is 0.269. The van der Waals surface area contributed by atoms with Crippen LogP contribution in [0, 0.1) is 13.8 Å². The smallest absolute Gasteiger partial charge is 0.338 e. The van der Waals surface area contributed by atoms with Crippen LogP contribution in [0.2, 0.25) is 0 Å². The monoisotopic (exact) mass is 388 g/mol. The third-order valence-corrected chi connectivity index (χ3v) is 5.29. The highest BCUT2D eigenvalue weighted by molar-refractivity contribution is 5.91. The first-order chi connectivity index (χ1) is 14.0. The van der Waals surface area contributed by atoms with Crippen molar-refractivity contribution in [1.82, 2.24) is 0 Å². The Labute approximate surface area is 173 Å². The van der Waals surface area contributed by atoms with Crippen LogP contribution in [0.15, 0.2) is 77.6 Å². The Morgan fingerprint density at radius 3 is 2.10 bits per heavy atom. The van der Waals surface area contributed by atoms with Gasteiger partial charge in [-0.3, -0.25) is 0 Å². The van der Waals surface area contributed by atoms with Crippen LogP contribution >= 0.6 is 0 Å². The van der Waals surface area contributed by atoms with Gasteiger partial charge in [-0.15, -0.1) is 0 Å². The number of methoxy groups -OCH3 is 2. The maximum Gasteiger partial charge on any atom is 0.338 e. The van der Waals surface area contributed by atoms with Crippen LogP contribution in [-0.2, 0) is 14.3 Å². The summed E-state index contributed by atoms with van der Waals surface area (Å²) in [6, 6.07) is 16.7. The second-order valence-electron chi connectivity index (χ2n) is 7.41. The largest absolute Gasteiger partial charge is 0.500 e. The van der Waals surface area contributed by atoms with E-state index < -0.39 is 0 Å². The molecule has 3 rings (SSSR count). The maximum absolute atomic E-state index is 12.7. The van der Waals surface area contributed by atoms with E-state index in [4.69, 9.17) is 9.47 Å². The van der Waals surface area contributed by atoms with E-state index in [1.165, 1.54) is 23.8 Å². The molecule has 0 radical (unpaired) electrons. The molecular weight excluding hydrogens is 360 g/mol. The Kier molecular flexibility index (Phi) is 6.71. The zero-order chi connectivity index (χ0) is 20.8. The molecule has 3 heteroatoms. The van der Waals surface area contributed by atoms with Crippen LogP contribution in [0.4, 0.5) is 0 Å². The molecule has 0 fully saturated rings. The van der Waals surface area contributed by atoms with Crippen molar-refractivity contribution in [2.24, 2.45) is 0 Å². The van der Waals surface area contributed by atoms with E-state index in [-0.39, 0.29) is 11.9 Å². The number of esters is 1. The van der Waals surface area contributed by atoms with Gasteiger partial charge in [-0.25, -0.2) is 4.79 Å². The zero-order valence-corrected chi connectivity index (χ0v) is 17.6. The molecule has 0 unspecified atom stereocenters. The number of hydrogen-bond donors (Lipinski definition) is 0. The normalized spacial score (nSPS) is 17.1. The van der Waals surface area contributed by atoms with Gasteiger partial charge in [0.05, 0.1) is 19.8 Å². The van der Waals surface area contributed by atoms with Gasteiger partial charge >= 0.3 is 5.97 Å². The van der Waals surface area contributed by atoms with Gasteiger partial charge in [0.2, 0.25) is 0 Å². The summed E-state index contributed by atoms with van der Waals surface area (Å²) in [5.74, 6) is 0.142. The highest BCUT2D eigenvalue weighted by Gasteiger charge is 2.29. The van der Waals surface area contributed by atoms with E-state index in [2.05, 4.69) is 80.6 Å². The molecule has 0 aromatic heterocycles. The second kappa shape index (κ2) is 9.42. The number of rotatable bonds is 5. The standard InChI is InChI=1S/C26H28O3/c1-18-5-9-20(10-6-18)11-12-21-13-16-24(28-3)25(26(27)29-4)23(17-21)22-14-7-19(2)8-15-22/h5-12,14-15,17,23H,13,16H2,1-4H3/b12-11-/t23-/m1/s1. The number of carbonyl (C=O) groups is 1. The summed E-state index contributed by atoms with van der Waals surface area (Å²) in [6.45, 7) is 4.14. The summed E-state index contributed by atoms with van der Waals surface area (Å²) in [4.78, 5) is 12.7. The Hall–Kier alpha value is -3.07. The van der Waals surface area contributed by atoms with Crippen LogP contribution in [0.5, 0.6) is 0 Å². The molecule has 2 aromatic rings. The highest BCUT2D eigenvalue weighted by atomic mass is 16.5. The SMILES string of the molecule is COC(=O)C1=C(OC)CCC(/C=C\c2ccc(C)cc2)=C[C@@H]1c1ccc(C)cc1. The fourth-order valence-corrected chi connectivity index (χ4v) is 3.57. The lowest BCUT2D eigenvalue weighted by Gasteiger charge is -2.18. The summed E-state index contributed by atoms with van der Waals surface area (Å²) in [6.07, 6.45) is 7.88. The average Bonchev–Trinajstić information content (AvgIpc) is 2.93. The molecule has 0 aliphatic heterocycles. The molecule has 3 nitrogen and oxygen atoms in total. The minimum Gasteiger partial charge on any atom is -0.500 e. The van der Waals surface area contributed by atoms with Crippen molar-refractivity contribution in [2.45, 2.75) is 32.6 Å². The molecule has 0 spiro atoms. The Balaban J connectivity index is 2.02. The summed E-state index contributed by atoms with van der Waals surface area (Å²) in [5.41, 5.74) is 6.38. The van der Waals surface area contributed by atoms with Crippen LogP contribution < -0.4 is 0 Å². The summed E-state index contributed by atoms with van der Waals surface area (Å²) < 4.78 is 10.7. The zero-order valence-electron chi connectivity index (χ0n) is 17.6. The number of hydrogen-bond acceptors (Lipinski definition) is 3. The lowest BCUT2D eigenvalue weighted by Crippen LogP contribution is -2.15. The van der Waals surface area contributed by atoms with Gasteiger partial charge in [-0.05, 0) is 31.4 Å². The molecule has 1 aliphatic carbocycles. The fourth-order valence-electron chi connectivity index (χ4n) is 3.57. The molecule has 0 saturated heterocycles. The first-order valence-corrected chi connectivity index (χ1v) is 9.89. The summed E-state index contributed by atoms with van der Waals surface area (Å²) in [7, 11) is 3.04. The lowest BCUT2D eigenvalue weighted by molar-refractivity contribution is -0.136. The first kappa shape index (κ1) is 20.7. The van der Waals surface area contributed by atoms with Crippen molar-refractivity contribution in [3.8, 4) is 0 Å². The molecule has 0 heterocycles. The molecule has 0 saturated carbocycles. The maximum atomic E-state index is 12.7. The van der Waals surface area contributed by atoms with Crippen LogP contribution in [0.25, 0.3) is 6.08 Å². The number of carbonyl (C=O) groups excluding carboxylic acids is 1. The van der Waals surface area contributed by atoms with E-state index in [9.17, 15) is 4.79 Å².